The average Bonchev–Trinajstić information content (AvgIpc) is 2.32. The number of halogens is 1. The van der Waals surface area contributed by atoms with Crippen LogP contribution in [0.5, 0.6) is 5.75 Å². The molecule has 1 rings (SSSR count). The lowest BCUT2D eigenvalue weighted by Crippen LogP contribution is -2.43. The second kappa shape index (κ2) is 7.49. The molecule has 22 heavy (non-hydrogen) atoms. The molecule has 0 aromatic heterocycles. The first-order chi connectivity index (χ1) is 10.1. The molecular formula is C16H22ClNO4. The molecule has 1 aromatic rings. The van der Waals surface area contributed by atoms with E-state index in [0.29, 0.717) is 10.8 Å². The minimum absolute atomic E-state index is 0.258. The first-order valence-electron chi connectivity index (χ1n) is 6.94. The van der Waals surface area contributed by atoms with Crippen LogP contribution in [0, 0.1) is 13.8 Å². The van der Waals surface area contributed by atoms with Crippen LogP contribution in [0.15, 0.2) is 12.1 Å². The van der Waals surface area contributed by atoms with Gasteiger partial charge in [0.2, 0.25) is 0 Å². The summed E-state index contributed by atoms with van der Waals surface area (Å²) in [4.78, 5) is 23.2. The average molecular weight is 328 g/mol. The number of amides is 1. The Kier molecular flexibility index (Phi) is 6.23. The highest BCUT2D eigenvalue weighted by Gasteiger charge is 2.16. The van der Waals surface area contributed by atoms with E-state index in [4.69, 9.17) is 21.1 Å². The molecule has 0 aliphatic carbocycles. The highest BCUT2D eigenvalue weighted by molar-refractivity contribution is 6.30. The van der Waals surface area contributed by atoms with Gasteiger partial charge in [0, 0.05) is 10.6 Å². The Hall–Kier alpha value is -1.75. The second-order valence-corrected chi connectivity index (χ2v) is 6.55. The second-order valence-electron chi connectivity index (χ2n) is 6.12. The van der Waals surface area contributed by atoms with Crippen molar-refractivity contribution in [3.63, 3.8) is 0 Å². The summed E-state index contributed by atoms with van der Waals surface area (Å²) >= 11 is 5.93. The summed E-state index contributed by atoms with van der Waals surface area (Å²) in [5, 5.41) is 3.32. The first kappa shape index (κ1) is 18.3. The first-order valence-corrected chi connectivity index (χ1v) is 7.32. The fourth-order valence-corrected chi connectivity index (χ4v) is 2.23. The van der Waals surface area contributed by atoms with Crippen molar-refractivity contribution in [1.29, 1.82) is 0 Å². The number of hydrogen-bond acceptors (Lipinski definition) is 4. The minimum Gasteiger partial charge on any atom is -0.481 e. The predicted octanol–water partition coefficient (Wildman–Crippen LogP) is 2.79. The van der Waals surface area contributed by atoms with Gasteiger partial charge >= 0.3 is 5.97 Å². The van der Waals surface area contributed by atoms with Crippen molar-refractivity contribution in [1.82, 2.24) is 5.32 Å². The van der Waals surface area contributed by atoms with Gasteiger partial charge in [0.25, 0.3) is 5.91 Å². The van der Waals surface area contributed by atoms with Crippen molar-refractivity contribution in [2.75, 3.05) is 13.2 Å². The molecule has 0 atom stereocenters. The molecule has 0 fully saturated rings. The Balaban J connectivity index is 2.46. The third-order valence-corrected chi connectivity index (χ3v) is 2.86. The van der Waals surface area contributed by atoms with Crippen molar-refractivity contribution in [2.24, 2.45) is 0 Å². The van der Waals surface area contributed by atoms with E-state index in [9.17, 15) is 9.59 Å². The van der Waals surface area contributed by atoms with Gasteiger partial charge in [-0.05, 0) is 57.9 Å². The summed E-state index contributed by atoms with van der Waals surface area (Å²) in [5.41, 5.74) is 1.31. The van der Waals surface area contributed by atoms with Crippen LogP contribution in [-0.2, 0) is 14.3 Å². The Labute approximate surface area is 135 Å². The van der Waals surface area contributed by atoms with Gasteiger partial charge in [-0.15, -0.1) is 0 Å². The monoisotopic (exact) mass is 327 g/mol. The lowest BCUT2D eigenvalue weighted by molar-refractivity contribution is -0.150. The molecule has 0 saturated carbocycles. The van der Waals surface area contributed by atoms with Crippen LogP contribution >= 0.6 is 11.6 Å². The molecule has 1 aromatic carbocycles. The van der Waals surface area contributed by atoms with E-state index in [1.807, 2.05) is 34.6 Å². The Bertz CT molecular complexity index is 541. The van der Waals surface area contributed by atoms with E-state index in [-0.39, 0.29) is 24.7 Å². The summed E-state index contributed by atoms with van der Waals surface area (Å²) in [6, 6.07) is 3.51. The largest absolute Gasteiger partial charge is 0.481 e. The molecule has 1 amide bonds. The maximum Gasteiger partial charge on any atom is 0.344 e. The molecule has 6 heteroatoms. The van der Waals surface area contributed by atoms with Gasteiger partial charge in [0.1, 0.15) is 5.75 Å². The smallest absolute Gasteiger partial charge is 0.344 e. The lowest BCUT2D eigenvalue weighted by atomic mass is 10.1. The van der Waals surface area contributed by atoms with E-state index < -0.39 is 5.97 Å². The fraction of sp³-hybridized carbons (Fsp3) is 0.500. The van der Waals surface area contributed by atoms with Crippen LogP contribution in [0.2, 0.25) is 5.02 Å². The molecule has 0 unspecified atom stereocenters. The number of ether oxygens (including phenoxy) is 2. The molecule has 0 aliphatic heterocycles. The summed E-state index contributed by atoms with van der Waals surface area (Å²) in [6.45, 7) is 8.66. The van der Waals surface area contributed by atoms with E-state index in [0.717, 1.165) is 11.1 Å². The standard InChI is InChI=1S/C16H22ClNO4/c1-10-6-12(17)7-11(2)15(10)22-9-14(20)21-8-13(19)18-16(3,4)5/h6-7H,8-9H2,1-5H3,(H,18,19). The molecule has 0 aliphatic rings. The molecule has 0 spiro atoms. The van der Waals surface area contributed by atoms with Crippen molar-refractivity contribution in [2.45, 2.75) is 40.2 Å². The predicted molar refractivity (Wildman–Crippen MR) is 85.3 cm³/mol. The zero-order valence-electron chi connectivity index (χ0n) is 13.6. The normalized spacial score (nSPS) is 11.0. The number of benzene rings is 1. The zero-order chi connectivity index (χ0) is 16.9. The van der Waals surface area contributed by atoms with Gasteiger partial charge in [-0.2, -0.15) is 0 Å². The van der Waals surface area contributed by atoms with Crippen molar-refractivity contribution < 1.29 is 19.1 Å². The number of carbonyl (C=O) groups excluding carboxylic acids is 2. The van der Waals surface area contributed by atoms with Crippen molar-refractivity contribution >= 4 is 23.5 Å². The maximum absolute atomic E-state index is 11.6. The lowest BCUT2D eigenvalue weighted by Gasteiger charge is -2.20. The van der Waals surface area contributed by atoms with Gasteiger partial charge in [-0.1, -0.05) is 11.6 Å². The van der Waals surface area contributed by atoms with Crippen molar-refractivity contribution in [3.05, 3.63) is 28.3 Å². The van der Waals surface area contributed by atoms with Gasteiger partial charge in [-0.3, -0.25) is 4.79 Å². The molecule has 122 valence electrons. The summed E-state index contributed by atoms with van der Waals surface area (Å²) in [7, 11) is 0. The number of carbonyl (C=O) groups is 2. The zero-order valence-corrected chi connectivity index (χ0v) is 14.3. The number of hydrogen-bond donors (Lipinski definition) is 1. The third-order valence-electron chi connectivity index (χ3n) is 2.64. The summed E-state index contributed by atoms with van der Waals surface area (Å²) < 4.78 is 10.3. The molecule has 0 radical (unpaired) electrons. The maximum atomic E-state index is 11.6. The molecular weight excluding hydrogens is 306 g/mol. The number of nitrogens with one attached hydrogen (secondary N) is 1. The highest BCUT2D eigenvalue weighted by atomic mass is 35.5. The number of aryl methyl sites for hydroxylation is 2. The van der Waals surface area contributed by atoms with Crippen LogP contribution in [0.4, 0.5) is 0 Å². The van der Waals surface area contributed by atoms with Crippen molar-refractivity contribution in [3.8, 4) is 5.75 Å². The minimum atomic E-state index is -0.599. The van der Waals surface area contributed by atoms with Gasteiger partial charge < -0.3 is 14.8 Å². The topological polar surface area (TPSA) is 64.6 Å². The van der Waals surface area contributed by atoms with E-state index >= 15 is 0 Å². The molecule has 1 N–H and O–H groups in total. The van der Waals surface area contributed by atoms with Crippen LogP contribution in [0.1, 0.15) is 31.9 Å². The van der Waals surface area contributed by atoms with Crippen LogP contribution in [-0.4, -0.2) is 30.6 Å². The molecule has 5 nitrogen and oxygen atoms in total. The Morgan fingerprint density at radius 2 is 1.68 bits per heavy atom. The van der Waals surface area contributed by atoms with Crippen LogP contribution in [0.25, 0.3) is 0 Å². The number of rotatable bonds is 5. The highest BCUT2D eigenvalue weighted by Crippen LogP contribution is 2.26. The van der Waals surface area contributed by atoms with Gasteiger partial charge in [0.15, 0.2) is 13.2 Å². The third kappa shape index (κ3) is 6.35. The quantitative estimate of drug-likeness (QED) is 0.845. The number of esters is 1. The summed E-state index contributed by atoms with van der Waals surface area (Å²) in [6.07, 6.45) is 0. The summed E-state index contributed by atoms with van der Waals surface area (Å²) in [5.74, 6) is -0.349. The van der Waals surface area contributed by atoms with Gasteiger partial charge in [0.05, 0.1) is 0 Å². The van der Waals surface area contributed by atoms with Crippen LogP contribution < -0.4 is 10.1 Å². The molecule has 0 heterocycles. The fourth-order valence-electron chi connectivity index (χ4n) is 1.90. The Morgan fingerprint density at radius 3 is 2.18 bits per heavy atom. The van der Waals surface area contributed by atoms with E-state index in [1.54, 1.807) is 12.1 Å². The molecule has 0 bridgehead atoms. The SMILES string of the molecule is Cc1cc(Cl)cc(C)c1OCC(=O)OCC(=O)NC(C)(C)C. The van der Waals surface area contributed by atoms with E-state index in [2.05, 4.69) is 5.32 Å². The Morgan fingerprint density at radius 1 is 1.14 bits per heavy atom. The molecule has 0 saturated heterocycles. The van der Waals surface area contributed by atoms with Crippen LogP contribution in [0.3, 0.4) is 0 Å². The van der Waals surface area contributed by atoms with E-state index in [1.165, 1.54) is 0 Å². The van der Waals surface area contributed by atoms with Gasteiger partial charge in [-0.25, -0.2) is 4.79 Å².